The van der Waals surface area contributed by atoms with Crippen LogP contribution in [0.4, 0.5) is 0 Å². The normalized spacial score (nSPS) is 16.7. The Morgan fingerprint density at radius 1 is 0.533 bits per heavy atom. The number of nitrogens with zero attached hydrogens (tertiary/aromatic N) is 3. The van der Waals surface area contributed by atoms with Crippen LogP contribution in [0.5, 0.6) is 11.5 Å². The second kappa shape index (κ2) is 13.7. The van der Waals surface area contributed by atoms with Gasteiger partial charge in [0.25, 0.3) is 0 Å². The molecule has 0 amide bonds. The number of hydrogen-bond donors (Lipinski definition) is 1. The van der Waals surface area contributed by atoms with Crippen molar-refractivity contribution in [2.75, 3.05) is 0 Å². The molecule has 60 heavy (non-hydrogen) atoms. The molecule has 7 aromatic carbocycles. The van der Waals surface area contributed by atoms with E-state index in [9.17, 15) is 0 Å². The van der Waals surface area contributed by atoms with Gasteiger partial charge in [0.05, 0.1) is 10.9 Å². The quantitative estimate of drug-likeness (QED) is 0.190. The van der Waals surface area contributed by atoms with Crippen LogP contribution < -0.4 is 10.1 Å². The number of amidine groups is 2. The summed E-state index contributed by atoms with van der Waals surface area (Å²) >= 11 is 0. The van der Waals surface area contributed by atoms with Crippen molar-refractivity contribution in [3.63, 3.8) is 0 Å². The minimum atomic E-state index is -0.653. The number of hydrogen-bond acceptors (Lipinski definition) is 5. The molecule has 0 saturated carbocycles. The minimum absolute atomic E-state index is 0.439. The molecule has 0 bridgehead atoms. The number of pyridine rings is 1. The average molecular weight is 771 g/mol. The van der Waals surface area contributed by atoms with Gasteiger partial charge in [-0.3, -0.25) is 4.98 Å². The summed E-state index contributed by atoms with van der Waals surface area (Å²) in [6.07, 6.45) is 9.85. The predicted molar refractivity (Wildman–Crippen MR) is 243 cm³/mol. The molecule has 0 fully saturated rings. The van der Waals surface area contributed by atoms with Crippen LogP contribution in [0.1, 0.15) is 52.4 Å². The first-order valence-electron chi connectivity index (χ1n) is 20.7. The van der Waals surface area contributed by atoms with Gasteiger partial charge in [-0.15, -0.1) is 0 Å². The van der Waals surface area contributed by atoms with Crippen LogP contribution in [0.25, 0.3) is 44.3 Å². The second-order valence-electron chi connectivity index (χ2n) is 15.8. The summed E-state index contributed by atoms with van der Waals surface area (Å²) in [7, 11) is 0. The Labute approximate surface area is 348 Å². The van der Waals surface area contributed by atoms with Gasteiger partial charge in [0.15, 0.2) is 6.17 Å². The highest BCUT2D eigenvalue weighted by Crippen LogP contribution is 2.62. The minimum Gasteiger partial charge on any atom is -0.457 e. The van der Waals surface area contributed by atoms with Crippen LogP contribution >= 0.6 is 0 Å². The molecule has 284 valence electrons. The molecule has 3 heterocycles. The zero-order valence-corrected chi connectivity index (χ0v) is 32.7. The molecule has 12 rings (SSSR count). The number of nitrogens with one attached hydrogen (secondary N) is 1. The predicted octanol–water partition coefficient (Wildman–Crippen LogP) is 12.8. The molecular formula is C55H38N4O. The van der Waals surface area contributed by atoms with Crippen LogP contribution in [-0.4, -0.2) is 16.7 Å². The number of allylic oxidation sites excluding steroid dienone is 3. The van der Waals surface area contributed by atoms with E-state index in [0.717, 1.165) is 80.3 Å². The Hall–Kier alpha value is -7.63. The maximum Gasteiger partial charge on any atom is 0.169 e. The number of aliphatic imine (C=N–C) groups is 2. The Morgan fingerprint density at radius 2 is 1.23 bits per heavy atom. The first-order chi connectivity index (χ1) is 29.7. The molecule has 5 heteroatoms. The van der Waals surface area contributed by atoms with E-state index in [1.165, 1.54) is 39.0 Å². The van der Waals surface area contributed by atoms with Crippen molar-refractivity contribution in [3.05, 3.63) is 233 Å². The van der Waals surface area contributed by atoms with Gasteiger partial charge in [-0.1, -0.05) is 152 Å². The van der Waals surface area contributed by atoms with E-state index >= 15 is 0 Å². The highest BCUT2D eigenvalue weighted by atomic mass is 16.5. The Morgan fingerprint density at radius 3 is 2.02 bits per heavy atom. The molecule has 2 aliphatic carbocycles. The third-order valence-corrected chi connectivity index (χ3v) is 12.5. The van der Waals surface area contributed by atoms with Crippen LogP contribution in [-0.2, 0) is 5.41 Å². The molecule has 1 N–H and O–H groups in total. The molecular weight excluding hydrogens is 733 g/mol. The smallest absolute Gasteiger partial charge is 0.169 e. The largest absolute Gasteiger partial charge is 0.457 e. The van der Waals surface area contributed by atoms with Crippen molar-refractivity contribution in [1.29, 1.82) is 0 Å². The monoisotopic (exact) mass is 770 g/mol. The zero-order valence-electron chi connectivity index (χ0n) is 32.7. The van der Waals surface area contributed by atoms with E-state index in [2.05, 4.69) is 186 Å². The average Bonchev–Trinajstić information content (AvgIpc) is 3.61. The van der Waals surface area contributed by atoms with Gasteiger partial charge in [-0.05, 0) is 105 Å². The summed E-state index contributed by atoms with van der Waals surface area (Å²) in [6, 6.07) is 60.8. The number of rotatable bonds is 5. The number of ether oxygens (including phenoxy) is 1. The lowest BCUT2D eigenvalue weighted by molar-refractivity contribution is 0.436. The lowest BCUT2D eigenvalue weighted by Gasteiger charge is -2.39. The molecule has 4 aliphatic rings. The number of fused-ring (bicyclic) bond motifs is 10. The third kappa shape index (κ3) is 5.36. The van der Waals surface area contributed by atoms with Gasteiger partial charge in [0.2, 0.25) is 0 Å². The van der Waals surface area contributed by atoms with Crippen molar-refractivity contribution in [1.82, 2.24) is 10.3 Å². The van der Waals surface area contributed by atoms with Gasteiger partial charge in [-0.25, -0.2) is 9.98 Å². The molecule has 1 aromatic heterocycles. The maximum absolute atomic E-state index is 6.72. The molecule has 2 aliphatic heterocycles. The van der Waals surface area contributed by atoms with Crippen LogP contribution in [0, 0.1) is 0 Å². The summed E-state index contributed by atoms with van der Waals surface area (Å²) in [5.41, 5.74) is 15.4. The van der Waals surface area contributed by atoms with Gasteiger partial charge in [0, 0.05) is 28.3 Å². The molecule has 0 saturated heterocycles. The van der Waals surface area contributed by atoms with Gasteiger partial charge in [-0.2, -0.15) is 0 Å². The summed E-state index contributed by atoms with van der Waals surface area (Å²) < 4.78 is 6.72. The van der Waals surface area contributed by atoms with Gasteiger partial charge in [0.1, 0.15) is 23.2 Å². The van der Waals surface area contributed by atoms with Crippen molar-refractivity contribution in [2.24, 2.45) is 9.98 Å². The summed E-state index contributed by atoms with van der Waals surface area (Å²) in [5.74, 6) is 3.44. The van der Waals surface area contributed by atoms with E-state index in [1.54, 1.807) is 0 Å². The van der Waals surface area contributed by atoms with Crippen molar-refractivity contribution < 1.29 is 4.74 Å². The van der Waals surface area contributed by atoms with E-state index in [4.69, 9.17) is 14.7 Å². The van der Waals surface area contributed by atoms with E-state index in [-0.39, 0.29) is 0 Å². The maximum atomic E-state index is 6.72. The highest BCUT2D eigenvalue weighted by molar-refractivity contribution is 6.16. The zero-order chi connectivity index (χ0) is 39.6. The number of aromatic nitrogens is 1. The van der Waals surface area contributed by atoms with E-state index < -0.39 is 11.6 Å². The van der Waals surface area contributed by atoms with Crippen molar-refractivity contribution in [2.45, 2.75) is 24.4 Å². The van der Waals surface area contributed by atoms with Crippen molar-refractivity contribution in [3.8, 4) is 44.9 Å². The summed E-state index contributed by atoms with van der Waals surface area (Å²) in [6.45, 7) is 0. The van der Waals surface area contributed by atoms with Crippen LogP contribution in [0.3, 0.4) is 0 Å². The van der Waals surface area contributed by atoms with Crippen LogP contribution in [0.2, 0.25) is 0 Å². The standard InChI is InChI=1S/C55H38N4O/c1-3-13-37(14-4-1)52-57-53(38-15-5-2-6-16-38)59-54(58-52)40-29-31-43-42-30-28-39(35-24-26-36(27-25-35)41-17-11-21-49-44(41)18-12-32-56-49)33-47(42)55(48(43)34-40)45-19-7-9-22-50(45)60-51-23-10-8-20-46(51)55/h1-5,7-15,17-34,54H,6,16H2,(H,57,58,59). The molecule has 8 aromatic rings. The molecule has 5 nitrogen and oxygen atoms in total. The first-order valence-corrected chi connectivity index (χ1v) is 20.7. The topological polar surface area (TPSA) is 58.9 Å². The summed E-state index contributed by atoms with van der Waals surface area (Å²) in [4.78, 5) is 15.2. The second-order valence-corrected chi connectivity index (χ2v) is 15.8. The van der Waals surface area contributed by atoms with Crippen molar-refractivity contribution >= 4 is 22.6 Å². The lowest BCUT2D eigenvalue weighted by Crippen LogP contribution is -2.36. The molecule has 1 unspecified atom stereocenters. The number of para-hydroxylation sites is 2. The third-order valence-electron chi connectivity index (χ3n) is 12.5. The Kier molecular flexibility index (Phi) is 7.88. The van der Waals surface area contributed by atoms with E-state index in [0.29, 0.717) is 0 Å². The lowest BCUT2D eigenvalue weighted by atomic mass is 9.65. The Bertz CT molecular complexity index is 3110. The molecule has 1 atom stereocenters. The highest BCUT2D eigenvalue weighted by Gasteiger charge is 2.51. The Balaban J connectivity index is 1.04. The van der Waals surface area contributed by atoms with Crippen LogP contribution in [0.15, 0.2) is 210 Å². The molecule has 1 spiro atoms. The van der Waals surface area contributed by atoms with E-state index in [1.807, 2.05) is 18.3 Å². The SMILES string of the molecule is C1=CCCC(C2=NC(c3ccc4c(c3)C3(c5ccccc5Oc5ccccc53)c3cc(-c5ccc(-c6cccc7ncccc67)cc5)ccc3-4)N=C(c3ccccc3)N2)=C1. The fourth-order valence-electron chi connectivity index (χ4n) is 9.76. The summed E-state index contributed by atoms with van der Waals surface area (Å²) in [5, 5.41) is 4.76. The van der Waals surface area contributed by atoms with Gasteiger partial charge < -0.3 is 10.1 Å². The fourth-order valence-corrected chi connectivity index (χ4v) is 9.76. The fraction of sp³-hybridized carbons (Fsp3) is 0.0727. The molecule has 0 radical (unpaired) electrons. The van der Waals surface area contributed by atoms with Gasteiger partial charge >= 0.3 is 0 Å². The first kappa shape index (κ1) is 34.4. The number of benzene rings is 7.